The molecule has 35 heavy (non-hydrogen) atoms. The standard InChI is InChI=1S/C22H28N2O11/c1-12(25)33-17-11-31-21(19(35-14(3)27)18(17)34-13(2)26)30-10-16(20(23)28)24-22(29)32-9-15-7-5-4-6-8-15/h4-8,16-19,21H,9-11H2,1-3H3,(H2,23,28)(H,24,29)/t16-,17+,18-,19+,21+/m0/s1. The Labute approximate surface area is 201 Å². The molecule has 2 rings (SSSR count). The molecule has 1 heterocycles. The van der Waals surface area contributed by atoms with E-state index < -0.39 is 67.2 Å². The molecule has 13 heteroatoms. The fourth-order valence-electron chi connectivity index (χ4n) is 3.14. The topological polar surface area (TPSA) is 179 Å². The molecule has 0 saturated carbocycles. The molecule has 1 saturated heterocycles. The fraction of sp³-hybridized carbons (Fsp3) is 0.500. The van der Waals surface area contributed by atoms with Crippen molar-refractivity contribution in [1.29, 1.82) is 0 Å². The lowest BCUT2D eigenvalue weighted by Crippen LogP contribution is -2.59. The van der Waals surface area contributed by atoms with Gasteiger partial charge in [0.1, 0.15) is 12.6 Å². The van der Waals surface area contributed by atoms with E-state index in [1.54, 1.807) is 30.3 Å². The molecule has 1 aliphatic rings. The molecule has 0 aliphatic carbocycles. The van der Waals surface area contributed by atoms with Gasteiger partial charge in [0.2, 0.25) is 5.91 Å². The van der Waals surface area contributed by atoms with Gasteiger partial charge < -0.3 is 39.5 Å². The van der Waals surface area contributed by atoms with Crippen LogP contribution in [-0.2, 0) is 54.2 Å². The summed E-state index contributed by atoms with van der Waals surface area (Å²) in [6.45, 7) is 2.56. The minimum Gasteiger partial charge on any atom is -0.456 e. The number of ether oxygens (including phenoxy) is 6. The number of nitrogens with two attached hydrogens (primary N) is 1. The van der Waals surface area contributed by atoms with Crippen molar-refractivity contribution in [3.05, 3.63) is 35.9 Å². The second-order valence-corrected chi connectivity index (χ2v) is 7.49. The molecule has 0 radical (unpaired) electrons. The summed E-state index contributed by atoms with van der Waals surface area (Å²) in [6, 6.07) is 7.52. The van der Waals surface area contributed by atoms with Crippen molar-refractivity contribution in [3.8, 4) is 0 Å². The van der Waals surface area contributed by atoms with E-state index in [4.69, 9.17) is 34.2 Å². The first kappa shape index (κ1) is 27.5. The van der Waals surface area contributed by atoms with E-state index in [1.807, 2.05) is 0 Å². The maximum atomic E-state index is 12.1. The average molecular weight is 496 g/mol. The molecule has 1 fully saturated rings. The quantitative estimate of drug-likeness (QED) is 0.327. The summed E-state index contributed by atoms with van der Waals surface area (Å²) in [4.78, 5) is 58.7. The third-order valence-corrected chi connectivity index (χ3v) is 4.58. The summed E-state index contributed by atoms with van der Waals surface area (Å²) < 4.78 is 31.6. The van der Waals surface area contributed by atoms with Crippen LogP contribution in [0.15, 0.2) is 30.3 Å². The lowest BCUT2D eigenvalue weighted by atomic mass is 10.0. The third kappa shape index (κ3) is 9.22. The van der Waals surface area contributed by atoms with Crippen molar-refractivity contribution < 1.29 is 52.4 Å². The van der Waals surface area contributed by atoms with Crippen LogP contribution < -0.4 is 11.1 Å². The van der Waals surface area contributed by atoms with Crippen molar-refractivity contribution in [3.63, 3.8) is 0 Å². The van der Waals surface area contributed by atoms with Gasteiger partial charge in [-0.1, -0.05) is 30.3 Å². The Morgan fingerprint density at radius 2 is 1.57 bits per heavy atom. The molecule has 13 nitrogen and oxygen atoms in total. The number of esters is 3. The first-order chi connectivity index (χ1) is 16.6. The summed E-state index contributed by atoms with van der Waals surface area (Å²) in [5.41, 5.74) is 6.08. The van der Waals surface area contributed by atoms with Crippen molar-refractivity contribution in [1.82, 2.24) is 5.32 Å². The van der Waals surface area contributed by atoms with Crippen LogP contribution in [0.3, 0.4) is 0 Å². The summed E-state index contributed by atoms with van der Waals surface area (Å²) in [6.07, 6.45) is -5.96. The number of benzene rings is 1. The number of primary amides is 1. The van der Waals surface area contributed by atoms with Crippen molar-refractivity contribution in [2.75, 3.05) is 13.2 Å². The summed E-state index contributed by atoms with van der Waals surface area (Å²) in [5, 5.41) is 2.28. The van der Waals surface area contributed by atoms with Crippen molar-refractivity contribution in [2.24, 2.45) is 5.73 Å². The maximum Gasteiger partial charge on any atom is 0.408 e. The highest BCUT2D eigenvalue weighted by molar-refractivity contribution is 5.84. The number of alkyl carbamates (subject to hydrolysis) is 1. The van der Waals surface area contributed by atoms with E-state index in [2.05, 4.69) is 5.32 Å². The minimum atomic E-state index is -1.35. The normalized spacial score (nSPS) is 22.3. The first-order valence-electron chi connectivity index (χ1n) is 10.6. The van der Waals surface area contributed by atoms with E-state index in [-0.39, 0.29) is 13.2 Å². The Morgan fingerprint density at radius 1 is 0.971 bits per heavy atom. The van der Waals surface area contributed by atoms with Crippen LogP contribution in [-0.4, -0.2) is 73.8 Å². The fourth-order valence-corrected chi connectivity index (χ4v) is 3.14. The molecule has 1 aromatic rings. The highest BCUT2D eigenvalue weighted by Gasteiger charge is 2.47. The largest absolute Gasteiger partial charge is 0.456 e. The van der Waals surface area contributed by atoms with E-state index >= 15 is 0 Å². The van der Waals surface area contributed by atoms with Crippen molar-refractivity contribution >= 4 is 29.9 Å². The van der Waals surface area contributed by atoms with Gasteiger partial charge in [-0.3, -0.25) is 19.2 Å². The minimum absolute atomic E-state index is 0.0408. The molecule has 1 aromatic carbocycles. The van der Waals surface area contributed by atoms with Crippen LogP contribution >= 0.6 is 0 Å². The molecule has 0 unspecified atom stereocenters. The number of carbonyl (C=O) groups excluding carboxylic acids is 5. The molecule has 192 valence electrons. The second-order valence-electron chi connectivity index (χ2n) is 7.49. The lowest BCUT2D eigenvalue weighted by Gasteiger charge is -2.40. The van der Waals surface area contributed by atoms with Crippen molar-refractivity contribution in [2.45, 2.75) is 58.0 Å². The summed E-state index contributed by atoms with van der Waals surface area (Å²) in [7, 11) is 0. The highest BCUT2D eigenvalue weighted by Crippen LogP contribution is 2.25. The molecular formula is C22H28N2O11. The van der Waals surface area contributed by atoms with Crippen LogP contribution in [0.2, 0.25) is 0 Å². The van der Waals surface area contributed by atoms with E-state index in [9.17, 15) is 24.0 Å². The van der Waals surface area contributed by atoms with Crippen LogP contribution in [0.1, 0.15) is 26.3 Å². The number of hydrogen-bond donors (Lipinski definition) is 2. The van der Waals surface area contributed by atoms with Gasteiger partial charge in [-0.05, 0) is 5.56 Å². The van der Waals surface area contributed by atoms with E-state index in [0.717, 1.165) is 26.3 Å². The first-order valence-corrected chi connectivity index (χ1v) is 10.6. The van der Waals surface area contributed by atoms with Gasteiger partial charge in [-0.2, -0.15) is 0 Å². The van der Waals surface area contributed by atoms with Gasteiger partial charge in [0.25, 0.3) is 0 Å². The van der Waals surface area contributed by atoms with Crippen LogP contribution in [0.5, 0.6) is 0 Å². The van der Waals surface area contributed by atoms with Gasteiger partial charge in [0.15, 0.2) is 24.6 Å². The monoisotopic (exact) mass is 496 g/mol. The Balaban J connectivity index is 2.05. The number of carbonyl (C=O) groups is 5. The van der Waals surface area contributed by atoms with Gasteiger partial charge in [0.05, 0.1) is 13.2 Å². The molecule has 2 amide bonds. The smallest absolute Gasteiger partial charge is 0.408 e. The van der Waals surface area contributed by atoms with Gasteiger partial charge in [-0.25, -0.2) is 4.79 Å². The molecule has 0 bridgehead atoms. The summed E-state index contributed by atoms with van der Waals surface area (Å²) >= 11 is 0. The van der Waals surface area contributed by atoms with E-state index in [0.29, 0.717) is 0 Å². The zero-order valence-corrected chi connectivity index (χ0v) is 19.5. The SMILES string of the molecule is CC(=O)O[C@@H]1[C@@H](OC(C)=O)[C@H](OC[C@H](NC(=O)OCc2ccccc2)C(N)=O)OC[C@H]1OC(C)=O. The molecule has 3 N–H and O–H groups in total. The van der Waals surface area contributed by atoms with Crippen LogP contribution in [0.25, 0.3) is 0 Å². The second kappa shape index (κ2) is 13.2. The van der Waals surface area contributed by atoms with Gasteiger partial charge in [-0.15, -0.1) is 0 Å². The Kier molecular flexibility index (Phi) is 10.4. The number of rotatable bonds is 10. The zero-order valence-electron chi connectivity index (χ0n) is 19.5. The summed E-state index contributed by atoms with van der Waals surface area (Å²) in [5.74, 6) is -3.11. The predicted molar refractivity (Wildman–Crippen MR) is 115 cm³/mol. The average Bonchev–Trinajstić information content (AvgIpc) is 2.78. The Bertz CT molecular complexity index is 908. The number of hydrogen-bond acceptors (Lipinski definition) is 11. The zero-order chi connectivity index (χ0) is 26.0. The van der Waals surface area contributed by atoms with Gasteiger partial charge in [0, 0.05) is 20.8 Å². The lowest BCUT2D eigenvalue weighted by molar-refractivity contribution is -0.281. The molecule has 5 atom stereocenters. The molecular weight excluding hydrogens is 468 g/mol. The highest BCUT2D eigenvalue weighted by atomic mass is 16.7. The predicted octanol–water partition coefficient (Wildman–Crippen LogP) is -0.0653. The van der Waals surface area contributed by atoms with Crippen LogP contribution in [0, 0.1) is 0 Å². The molecule has 1 aliphatic heterocycles. The molecule has 0 spiro atoms. The van der Waals surface area contributed by atoms with Crippen LogP contribution in [0.4, 0.5) is 4.79 Å². The van der Waals surface area contributed by atoms with E-state index in [1.165, 1.54) is 0 Å². The Morgan fingerprint density at radius 3 is 2.14 bits per heavy atom. The number of amides is 2. The Hall–Kier alpha value is -3.71. The number of nitrogens with one attached hydrogen (secondary N) is 1. The molecule has 0 aromatic heterocycles. The van der Waals surface area contributed by atoms with Gasteiger partial charge >= 0.3 is 24.0 Å². The maximum absolute atomic E-state index is 12.1. The third-order valence-electron chi connectivity index (χ3n) is 4.58.